The first-order valence-corrected chi connectivity index (χ1v) is 3.39. The third-order valence-electron chi connectivity index (χ3n) is 1.65. The summed E-state index contributed by atoms with van der Waals surface area (Å²) in [5.74, 6) is 0. The molecule has 0 amide bonds. The molecule has 0 aromatic heterocycles. The maximum absolute atomic E-state index is 10.1. The molecule has 0 aliphatic heterocycles. The Labute approximate surface area is 60.4 Å². The van der Waals surface area contributed by atoms with Gasteiger partial charge in [0.15, 0.2) is 0 Å². The van der Waals surface area contributed by atoms with E-state index in [1.165, 1.54) is 0 Å². The van der Waals surface area contributed by atoms with Crippen LogP contribution in [0.25, 0.3) is 0 Å². The van der Waals surface area contributed by atoms with E-state index >= 15 is 0 Å². The molecule has 0 spiro atoms. The van der Waals surface area contributed by atoms with E-state index in [4.69, 9.17) is 5.73 Å². The largest absolute Gasteiger partial charge is 0.402 e. The van der Waals surface area contributed by atoms with Crippen LogP contribution in [-0.4, -0.2) is 6.29 Å². The molecule has 0 heterocycles. The van der Waals surface area contributed by atoms with Gasteiger partial charge in [-0.15, -0.1) is 0 Å². The van der Waals surface area contributed by atoms with Gasteiger partial charge in [0.25, 0.3) is 0 Å². The zero-order valence-electron chi connectivity index (χ0n) is 5.84. The topological polar surface area (TPSA) is 43.1 Å². The van der Waals surface area contributed by atoms with Gasteiger partial charge in [-0.1, -0.05) is 12.2 Å². The second-order valence-corrected chi connectivity index (χ2v) is 2.38. The Balaban J connectivity index is 2.61. The van der Waals surface area contributed by atoms with Crippen LogP contribution in [0.5, 0.6) is 0 Å². The van der Waals surface area contributed by atoms with Gasteiger partial charge in [-0.25, -0.2) is 0 Å². The van der Waals surface area contributed by atoms with Crippen molar-refractivity contribution in [2.45, 2.75) is 19.3 Å². The van der Waals surface area contributed by atoms with E-state index in [9.17, 15) is 4.79 Å². The Hall–Kier alpha value is -1.05. The van der Waals surface area contributed by atoms with Gasteiger partial charge >= 0.3 is 0 Å². The molecule has 2 N–H and O–H groups in total. The number of aldehydes is 1. The van der Waals surface area contributed by atoms with E-state index in [-0.39, 0.29) is 0 Å². The van der Waals surface area contributed by atoms with Gasteiger partial charge < -0.3 is 10.5 Å². The lowest BCUT2D eigenvalue weighted by Gasteiger charge is -2.09. The SMILES string of the molecule is NC1=C(CC=O)CC=CC1. The lowest BCUT2D eigenvalue weighted by molar-refractivity contribution is -0.107. The molecule has 1 aliphatic carbocycles. The summed E-state index contributed by atoms with van der Waals surface area (Å²) in [6.07, 6.45) is 7.14. The Kier molecular flexibility index (Phi) is 2.26. The number of hydrogen-bond acceptors (Lipinski definition) is 2. The number of rotatable bonds is 2. The van der Waals surface area contributed by atoms with Crippen LogP contribution in [-0.2, 0) is 4.79 Å². The highest BCUT2D eigenvalue weighted by Crippen LogP contribution is 2.16. The Morgan fingerprint density at radius 3 is 2.80 bits per heavy atom. The van der Waals surface area contributed by atoms with Crippen molar-refractivity contribution in [1.29, 1.82) is 0 Å². The number of nitrogens with two attached hydrogens (primary N) is 1. The van der Waals surface area contributed by atoms with Crippen molar-refractivity contribution in [3.05, 3.63) is 23.4 Å². The minimum absolute atomic E-state index is 0.496. The van der Waals surface area contributed by atoms with Crippen molar-refractivity contribution in [2.24, 2.45) is 5.73 Å². The van der Waals surface area contributed by atoms with E-state index in [1.54, 1.807) is 0 Å². The quantitative estimate of drug-likeness (QED) is 0.458. The monoisotopic (exact) mass is 137 g/mol. The van der Waals surface area contributed by atoms with Crippen LogP contribution in [0.3, 0.4) is 0 Å². The molecule has 0 aromatic carbocycles. The Morgan fingerprint density at radius 2 is 2.20 bits per heavy atom. The van der Waals surface area contributed by atoms with E-state index in [0.29, 0.717) is 6.42 Å². The molecular weight excluding hydrogens is 126 g/mol. The molecule has 0 fully saturated rings. The highest BCUT2D eigenvalue weighted by molar-refractivity contribution is 5.55. The van der Waals surface area contributed by atoms with Crippen LogP contribution >= 0.6 is 0 Å². The van der Waals surface area contributed by atoms with Crippen LogP contribution in [0.4, 0.5) is 0 Å². The summed E-state index contributed by atoms with van der Waals surface area (Å²) >= 11 is 0. The fraction of sp³-hybridized carbons (Fsp3) is 0.375. The van der Waals surface area contributed by atoms with Gasteiger partial charge in [0.05, 0.1) is 0 Å². The van der Waals surface area contributed by atoms with Crippen molar-refractivity contribution < 1.29 is 4.79 Å². The smallest absolute Gasteiger partial charge is 0.124 e. The molecule has 2 heteroatoms. The predicted molar refractivity (Wildman–Crippen MR) is 40.3 cm³/mol. The first-order chi connectivity index (χ1) is 4.84. The number of carbonyl (C=O) groups is 1. The highest BCUT2D eigenvalue weighted by atomic mass is 16.1. The summed E-state index contributed by atoms with van der Waals surface area (Å²) < 4.78 is 0. The van der Waals surface area contributed by atoms with E-state index in [2.05, 4.69) is 6.08 Å². The summed E-state index contributed by atoms with van der Waals surface area (Å²) in [4.78, 5) is 10.1. The maximum Gasteiger partial charge on any atom is 0.124 e. The standard InChI is InChI=1S/C8H11NO/c9-8-4-2-1-3-7(8)5-6-10/h1-2,6H,3-5,9H2. The van der Waals surface area contributed by atoms with Gasteiger partial charge in [0.1, 0.15) is 6.29 Å². The average Bonchev–Trinajstić information content (AvgIpc) is 1.94. The first-order valence-electron chi connectivity index (χ1n) is 3.39. The van der Waals surface area contributed by atoms with Gasteiger partial charge in [-0.3, -0.25) is 0 Å². The molecule has 10 heavy (non-hydrogen) atoms. The molecule has 1 rings (SSSR count). The molecule has 0 unspecified atom stereocenters. The van der Waals surface area contributed by atoms with Crippen molar-refractivity contribution >= 4 is 6.29 Å². The van der Waals surface area contributed by atoms with Gasteiger partial charge in [0, 0.05) is 18.5 Å². The molecule has 2 nitrogen and oxygen atoms in total. The van der Waals surface area contributed by atoms with Crippen molar-refractivity contribution in [1.82, 2.24) is 0 Å². The molecule has 0 radical (unpaired) electrons. The van der Waals surface area contributed by atoms with Crippen molar-refractivity contribution in [3.8, 4) is 0 Å². The normalized spacial score (nSPS) is 17.6. The fourth-order valence-corrected chi connectivity index (χ4v) is 1.03. The Bertz CT molecular complexity index is 187. The predicted octanol–water partition coefficient (Wildman–Crippen LogP) is 1.14. The number of hydrogen-bond donors (Lipinski definition) is 1. The molecule has 0 saturated heterocycles. The summed E-state index contributed by atoms with van der Waals surface area (Å²) in [6, 6.07) is 0. The van der Waals surface area contributed by atoms with Crippen LogP contribution in [0, 0.1) is 0 Å². The van der Waals surface area contributed by atoms with E-state index < -0.39 is 0 Å². The van der Waals surface area contributed by atoms with Crippen molar-refractivity contribution in [2.75, 3.05) is 0 Å². The van der Waals surface area contributed by atoms with Gasteiger partial charge in [-0.05, 0) is 12.0 Å². The summed E-state index contributed by atoms with van der Waals surface area (Å²) in [5, 5.41) is 0. The molecule has 0 atom stereocenters. The molecule has 0 saturated carbocycles. The minimum Gasteiger partial charge on any atom is -0.402 e. The van der Waals surface area contributed by atoms with Crippen LogP contribution in [0.15, 0.2) is 23.4 Å². The van der Waals surface area contributed by atoms with Gasteiger partial charge in [0.2, 0.25) is 0 Å². The second-order valence-electron chi connectivity index (χ2n) is 2.38. The van der Waals surface area contributed by atoms with Gasteiger partial charge in [-0.2, -0.15) is 0 Å². The molecule has 1 aliphatic rings. The Morgan fingerprint density at radius 1 is 1.50 bits per heavy atom. The van der Waals surface area contributed by atoms with E-state index in [1.807, 2.05) is 6.08 Å². The number of allylic oxidation sites excluding steroid dienone is 3. The molecule has 54 valence electrons. The zero-order chi connectivity index (χ0) is 7.40. The molecule has 0 aromatic rings. The number of carbonyl (C=O) groups excluding carboxylic acids is 1. The maximum atomic E-state index is 10.1. The average molecular weight is 137 g/mol. The summed E-state index contributed by atoms with van der Waals surface area (Å²) in [5.41, 5.74) is 7.59. The molecule has 0 bridgehead atoms. The highest BCUT2D eigenvalue weighted by Gasteiger charge is 2.03. The lowest BCUT2D eigenvalue weighted by atomic mass is 10.0. The lowest BCUT2D eigenvalue weighted by Crippen LogP contribution is -2.04. The second kappa shape index (κ2) is 3.20. The summed E-state index contributed by atoms with van der Waals surface area (Å²) in [7, 11) is 0. The van der Waals surface area contributed by atoms with Crippen molar-refractivity contribution in [3.63, 3.8) is 0 Å². The van der Waals surface area contributed by atoms with Crippen LogP contribution in [0.2, 0.25) is 0 Å². The fourth-order valence-electron chi connectivity index (χ4n) is 1.03. The molecular formula is C8H11NO. The zero-order valence-corrected chi connectivity index (χ0v) is 5.84. The summed E-state index contributed by atoms with van der Waals surface area (Å²) in [6.45, 7) is 0. The van der Waals surface area contributed by atoms with Crippen LogP contribution < -0.4 is 5.73 Å². The minimum atomic E-state index is 0.496. The first kappa shape index (κ1) is 7.06. The third-order valence-corrected chi connectivity index (χ3v) is 1.65. The third kappa shape index (κ3) is 1.47. The van der Waals surface area contributed by atoms with Crippen LogP contribution in [0.1, 0.15) is 19.3 Å². The van der Waals surface area contributed by atoms with E-state index in [0.717, 1.165) is 30.4 Å².